The van der Waals surface area contributed by atoms with Crippen LogP contribution >= 0.6 is 0 Å². The summed E-state index contributed by atoms with van der Waals surface area (Å²) in [5.74, 6) is 0.479. The minimum absolute atomic E-state index is 0.0365. The maximum Gasteiger partial charge on any atom is 0.170 e. The molecule has 0 bridgehead atoms. The Labute approximate surface area is 101 Å². The Morgan fingerprint density at radius 1 is 1.47 bits per heavy atom. The highest BCUT2D eigenvalue weighted by Gasteiger charge is 2.36. The van der Waals surface area contributed by atoms with Crippen LogP contribution < -0.4 is 4.74 Å². The minimum Gasteiger partial charge on any atom is -0.486 e. The lowest BCUT2D eigenvalue weighted by Crippen LogP contribution is -2.40. The summed E-state index contributed by atoms with van der Waals surface area (Å²) in [6.45, 7) is 6.08. The van der Waals surface area contributed by atoms with Gasteiger partial charge in [-0.25, -0.2) is 4.39 Å². The number of hydrogen-bond acceptors (Lipinski definition) is 2. The van der Waals surface area contributed by atoms with Gasteiger partial charge in [-0.15, -0.1) is 0 Å². The summed E-state index contributed by atoms with van der Waals surface area (Å²) in [6.07, 6.45) is 1.15. The van der Waals surface area contributed by atoms with E-state index >= 15 is 0 Å². The predicted molar refractivity (Wildman–Crippen MR) is 63.8 cm³/mol. The van der Waals surface area contributed by atoms with E-state index in [9.17, 15) is 9.18 Å². The van der Waals surface area contributed by atoms with Gasteiger partial charge in [0.2, 0.25) is 0 Å². The maximum atomic E-state index is 13.1. The molecule has 1 unspecified atom stereocenters. The average Bonchev–Trinajstić information content (AvgIpc) is 2.13. The van der Waals surface area contributed by atoms with E-state index in [4.69, 9.17) is 4.74 Å². The fourth-order valence-corrected chi connectivity index (χ4v) is 2.52. The van der Waals surface area contributed by atoms with Crippen molar-refractivity contribution in [2.75, 3.05) is 0 Å². The highest BCUT2D eigenvalue weighted by Crippen LogP contribution is 2.36. The van der Waals surface area contributed by atoms with Gasteiger partial charge in [0.15, 0.2) is 5.78 Å². The number of hydrogen-bond donors (Lipinski definition) is 0. The molecule has 17 heavy (non-hydrogen) atoms. The number of ether oxygens (including phenoxy) is 1. The van der Waals surface area contributed by atoms with Crippen molar-refractivity contribution in [2.45, 2.75) is 39.2 Å². The van der Waals surface area contributed by atoms with Crippen molar-refractivity contribution < 1.29 is 13.9 Å². The van der Waals surface area contributed by atoms with Gasteiger partial charge in [-0.2, -0.15) is 0 Å². The zero-order valence-corrected chi connectivity index (χ0v) is 10.4. The van der Waals surface area contributed by atoms with Gasteiger partial charge in [-0.1, -0.05) is 13.8 Å². The van der Waals surface area contributed by atoms with Gasteiger partial charge in [0.25, 0.3) is 0 Å². The number of rotatable bonds is 2. The van der Waals surface area contributed by atoms with Gasteiger partial charge in [0.05, 0.1) is 12.0 Å². The number of benzene rings is 1. The average molecular weight is 236 g/mol. The van der Waals surface area contributed by atoms with Crippen molar-refractivity contribution in [3.8, 4) is 5.75 Å². The highest BCUT2D eigenvalue weighted by atomic mass is 19.1. The van der Waals surface area contributed by atoms with E-state index in [1.54, 1.807) is 0 Å². The van der Waals surface area contributed by atoms with Crippen LogP contribution in [0.25, 0.3) is 0 Å². The molecule has 0 radical (unpaired) electrons. The van der Waals surface area contributed by atoms with Crippen molar-refractivity contribution in [1.29, 1.82) is 0 Å². The van der Waals surface area contributed by atoms with E-state index in [2.05, 4.69) is 13.8 Å². The highest BCUT2D eigenvalue weighted by molar-refractivity contribution is 6.00. The van der Waals surface area contributed by atoms with Crippen LogP contribution in [-0.4, -0.2) is 11.4 Å². The third-order valence-electron chi connectivity index (χ3n) is 2.97. The SMILES string of the molecule is CC(C)CC1(C)CC(=O)c2ccc(F)cc2O1. The van der Waals surface area contributed by atoms with E-state index in [1.807, 2.05) is 6.92 Å². The van der Waals surface area contributed by atoms with E-state index in [0.29, 0.717) is 23.7 Å². The van der Waals surface area contributed by atoms with Gasteiger partial charge in [-0.05, 0) is 31.4 Å². The Bertz CT molecular complexity index is 454. The molecule has 0 amide bonds. The molecule has 1 aliphatic heterocycles. The van der Waals surface area contributed by atoms with Gasteiger partial charge in [0, 0.05) is 6.07 Å². The van der Waals surface area contributed by atoms with Crippen molar-refractivity contribution in [3.63, 3.8) is 0 Å². The lowest BCUT2D eigenvalue weighted by atomic mass is 9.85. The van der Waals surface area contributed by atoms with Crippen LogP contribution in [-0.2, 0) is 0 Å². The topological polar surface area (TPSA) is 26.3 Å². The normalized spacial score (nSPS) is 23.5. The van der Waals surface area contributed by atoms with Crippen molar-refractivity contribution in [2.24, 2.45) is 5.92 Å². The summed E-state index contributed by atoms with van der Waals surface area (Å²) in [5.41, 5.74) is -0.0147. The molecule has 2 nitrogen and oxygen atoms in total. The fourth-order valence-electron chi connectivity index (χ4n) is 2.52. The van der Waals surface area contributed by atoms with Gasteiger partial charge in [0.1, 0.15) is 17.2 Å². The maximum absolute atomic E-state index is 13.1. The van der Waals surface area contributed by atoms with E-state index < -0.39 is 5.60 Å². The first-order valence-corrected chi connectivity index (χ1v) is 5.91. The third kappa shape index (κ3) is 2.48. The number of ketones is 1. The molecule has 2 rings (SSSR count). The van der Waals surface area contributed by atoms with Crippen molar-refractivity contribution >= 4 is 5.78 Å². The summed E-state index contributed by atoms with van der Waals surface area (Å²) >= 11 is 0. The van der Waals surface area contributed by atoms with E-state index in [-0.39, 0.29) is 11.6 Å². The Balaban J connectivity index is 2.34. The molecule has 92 valence electrons. The summed E-state index contributed by atoms with van der Waals surface area (Å²) in [4.78, 5) is 12.0. The predicted octanol–water partition coefficient (Wildman–Crippen LogP) is 3.60. The molecule has 1 aromatic rings. The first-order chi connectivity index (χ1) is 7.89. The fraction of sp³-hybridized carbons (Fsp3) is 0.500. The second-order valence-corrected chi connectivity index (χ2v) is 5.39. The number of carbonyl (C=O) groups is 1. The lowest BCUT2D eigenvalue weighted by Gasteiger charge is -2.36. The first-order valence-electron chi connectivity index (χ1n) is 5.91. The molecule has 0 fully saturated rings. The van der Waals surface area contributed by atoms with Crippen LogP contribution in [0.2, 0.25) is 0 Å². The number of Topliss-reactive ketones (excluding diaryl/α,β-unsaturated/α-hetero) is 1. The molecular weight excluding hydrogens is 219 g/mol. The van der Waals surface area contributed by atoms with Crippen LogP contribution in [0, 0.1) is 11.7 Å². The summed E-state index contributed by atoms with van der Waals surface area (Å²) < 4.78 is 19.0. The summed E-state index contributed by atoms with van der Waals surface area (Å²) in [7, 11) is 0. The monoisotopic (exact) mass is 236 g/mol. The standard InChI is InChI=1S/C14H17FO2/c1-9(2)7-14(3)8-12(16)11-5-4-10(15)6-13(11)17-14/h4-6,9H,7-8H2,1-3H3. The second-order valence-electron chi connectivity index (χ2n) is 5.39. The van der Waals surface area contributed by atoms with E-state index in [1.165, 1.54) is 18.2 Å². The largest absolute Gasteiger partial charge is 0.486 e. The number of fused-ring (bicyclic) bond motifs is 1. The molecule has 1 atom stereocenters. The molecule has 0 aliphatic carbocycles. The van der Waals surface area contributed by atoms with Gasteiger partial charge >= 0.3 is 0 Å². The molecular formula is C14H17FO2. The lowest BCUT2D eigenvalue weighted by molar-refractivity contribution is 0.0390. The second kappa shape index (κ2) is 4.13. The van der Waals surface area contributed by atoms with Gasteiger partial charge in [-0.3, -0.25) is 4.79 Å². The van der Waals surface area contributed by atoms with Crippen LogP contribution in [0.3, 0.4) is 0 Å². The van der Waals surface area contributed by atoms with Crippen molar-refractivity contribution in [1.82, 2.24) is 0 Å². The molecule has 3 heteroatoms. The summed E-state index contributed by atoms with van der Waals surface area (Å²) in [5, 5.41) is 0. The molecule has 1 aromatic carbocycles. The van der Waals surface area contributed by atoms with E-state index in [0.717, 1.165) is 6.42 Å². The van der Waals surface area contributed by atoms with Gasteiger partial charge < -0.3 is 4.74 Å². The number of carbonyl (C=O) groups excluding carboxylic acids is 1. The molecule has 0 saturated heterocycles. The molecule has 0 N–H and O–H groups in total. The Morgan fingerprint density at radius 2 is 2.18 bits per heavy atom. The molecule has 1 aliphatic rings. The molecule has 0 spiro atoms. The van der Waals surface area contributed by atoms with Crippen LogP contribution in [0.15, 0.2) is 18.2 Å². The zero-order valence-electron chi connectivity index (χ0n) is 10.4. The van der Waals surface area contributed by atoms with Crippen molar-refractivity contribution in [3.05, 3.63) is 29.6 Å². The third-order valence-corrected chi connectivity index (χ3v) is 2.97. The molecule has 0 saturated carbocycles. The summed E-state index contributed by atoms with van der Waals surface area (Å²) in [6, 6.07) is 4.10. The number of halogens is 1. The smallest absolute Gasteiger partial charge is 0.170 e. The zero-order chi connectivity index (χ0) is 12.6. The quantitative estimate of drug-likeness (QED) is 0.784. The first kappa shape index (κ1) is 12.1. The molecule has 1 heterocycles. The Morgan fingerprint density at radius 3 is 2.82 bits per heavy atom. The van der Waals surface area contributed by atoms with Crippen LogP contribution in [0.1, 0.15) is 44.0 Å². The Kier molecular flexibility index (Phi) is 2.94. The molecule has 0 aromatic heterocycles. The van der Waals surface area contributed by atoms with Crippen LogP contribution in [0.4, 0.5) is 4.39 Å². The minimum atomic E-state index is -0.508. The Hall–Kier alpha value is -1.38. The van der Waals surface area contributed by atoms with Crippen LogP contribution in [0.5, 0.6) is 5.75 Å².